The molecule has 1 unspecified atom stereocenters. The number of carboxylic acids is 1. The van der Waals surface area contributed by atoms with Crippen molar-refractivity contribution in [3.63, 3.8) is 0 Å². The number of benzene rings is 1. The Labute approximate surface area is 90.3 Å². The van der Waals surface area contributed by atoms with Gasteiger partial charge in [0, 0.05) is 0 Å². The molecule has 1 aromatic rings. The molecule has 0 aliphatic rings. The van der Waals surface area contributed by atoms with Crippen LogP contribution in [0, 0.1) is 5.92 Å². The molecule has 2 nitrogen and oxygen atoms in total. The molecule has 0 radical (unpaired) electrons. The maximum Gasteiger partial charge on any atom is 0.310 e. The van der Waals surface area contributed by atoms with Gasteiger partial charge in [0.15, 0.2) is 0 Å². The molecule has 1 atom stereocenters. The zero-order valence-electron chi connectivity index (χ0n) is 8.94. The molecular formula is C13H16O2. The van der Waals surface area contributed by atoms with Crippen molar-refractivity contribution in [2.45, 2.75) is 19.8 Å². The quantitative estimate of drug-likeness (QED) is 0.799. The Morgan fingerprint density at radius 1 is 1.40 bits per heavy atom. The van der Waals surface area contributed by atoms with Gasteiger partial charge in [-0.15, -0.1) is 0 Å². The molecule has 1 aromatic carbocycles. The van der Waals surface area contributed by atoms with Crippen LogP contribution in [0.5, 0.6) is 0 Å². The first-order valence-corrected chi connectivity index (χ1v) is 5.13. The summed E-state index contributed by atoms with van der Waals surface area (Å²) in [5.41, 5.74) is 1.61. The summed E-state index contributed by atoms with van der Waals surface area (Å²) in [5, 5.41) is 9.08. The van der Waals surface area contributed by atoms with Gasteiger partial charge >= 0.3 is 5.97 Å². The van der Waals surface area contributed by atoms with E-state index < -0.39 is 11.9 Å². The van der Waals surface area contributed by atoms with Crippen LogP contribution in [0.2, 0.25) is 0 Å². The van der Waals surface area contributed by atoms with E-state index in [4.69, 9.17) is 5.11 Å². The lowest BCUT2D eigenvalue weighted by Gasteiger charge is -2.14. The van der Waals surface area contributed by atoms with Gasteiger partial charge in [0.05, 0.1) is 5.92 Å². The second-order valence-corrected chi connectivity index (χ2v) is 3.57. The van der Waals surface area contributed by atoms with Crippen molar-refractivity contribution < 1.29 is 9.90 Å². The summed E-state index contributed by atoms with van der Waals surface area (Å²) in [6.07, 6.45) is 1.49. The van der Waals surface area contributed by atoms with Crippen LogP contribution in [-0.2, 0) is 4.79 Å². The number of hydrogen-bond donors (Lipinski definition) is 1. The summed E-state index contributed by atoms with van der Waals surface area (Å²) < 4.78 is 0. The fraction of sp³-hybridized carbons (Fsp3) is 0.308. The molecule has 15 heavy (non-hydrogen) atoms. The topological polar surface area (TPSA) is 37.3 Å². The molecule has 0 amide bonds. The highest BCUT2D eigenvalue weighted by Gasteiger charge is 2.20. The van der Waals surface area contributed by atoms with E-state index in [9.17, 15) is 4.79 Å². The SMILES string of the molecule is C=C(c1ccccc1)C(CCC)C(=O)O. The first-order valence-electron chi connectivity index (χ1n) is 5.13. The molecule has 0 spiro atoms. The molecule has 0 heterocycles. The molecule has 0 saturated heterocycles. The van der Waals surface area contributed by atoms with Crippen molar-refractivity contribution >= 4 is 11.5 Å². The minimum absolute atomic E-state index is 0.461. The van der Waals surface area contributed by atoms with E-state index in [2.05, 4.69) is 6.58 Å². The van der Waals surface area contributed by atoms with E-state index in [1.54, 1.807) is 0 Å². The Kier molecular flexibility index (Phi) is 4.10. The number of carboxylic acid groups (broad SMARTS) is 1. The van der Waals surface area contributed by atoms with Gasteiger partial charge in [-0.05, 0) is 17.6 Å². The third-order valence-corrected chi connectivity index (χ3v) is 2.44. The Morgan fingerprint density at radius 3 is 2.47 bits per heavy atom. The van der Waals surface area contributed by atoms with Gasteiger partial charge in [-0.1, -0.05) is 50.3 Å². The molecule has 0 aliphatic carbocycles. The highest BCUT2D eigenvalue weighted by Crippen LogP contribution is 2.25. The molecular weight excluding hydrogens is 188 g/mol. The monoisotopic (exact) mass is 204 g/mol. The van der Waals surface area contributed by atoms with Crippen molar-refractivity contribution in [2.75, 3.05) is 0 Å². The van der Waals surface area contributed by atoms with Crippen LogP contribution in [0.1, 0.15) is 25.3 Å². The van der Waals surface area contributed by atoms with E-state index in [0.29, 0.717) is 12.0 Å². The molecule has 1 N–H and O–H groups in total. The average Bonchev–Trinajstić information content (AvgIpc) is 2.26. The third kappa shape index (κ3) is 2.94. The Hall–Kier alpha value is -1.57. The molecule has 1 rings (SSSR count). The summed E-state index contributed by atoms with van der Waals surface area (Å²) in [6, 6.07) is 9.49. The Morgan fingerprint density at radius 2 is 2.00 bits per heavy atom. The lowest BCUT2D eigenvalue weighted by molar-refractivity contribution is -0.139. The molecule has 0 aromatic heterocycles. The fourth-order valence-electron chi connectivity index (χ4n) is 1.59. The summed E-state index contributed by atoms with van der Waals surface area (Å²) >= 11 is 0. The zero-order valence-corrected chi connectivity index (χ0v) is 8.94. The Balaban J connectivity index is 2.86. The second kappa shape index (κ2) is 5.35. The van der Waals surface area contributed by atoms with E-state index >= 15 is 0 Å². The molecule has 80 valence electrons. The standard InChI is InChI=1S/C13H16O2/c1-3-7-12(13(14)15)10(2)11-8-5-4-6-9-11/h4-6,8-9,12H,2-3,7H2,1H3,(H,14,15). The highest BCUT2D eigenvalue weighted by atomic mass is 16.4. The first kappa shape index (κ1) is 11.5. The van der Waals surface area contributed by atoms with E-state index in [0.717, 1.165) is 12.0 Å². The smallest absolute Gasteiger partial charge is 0.310 e. The fourth-order valence-corrected chi connectivity index (χ4v) is 1.59. The largest absolute Gasteiger partial charge is 0.481 e. The van der Waals surface area contributed by atoms with Gasteiger partial charge in [-0.25, -0.2) is 0 Å². The number of carbonyl (C=O) groups is 1. The zero-order chi connectivity index (χ0) is 11.3. The summed E-state index contributed by atoms with van der Waals surface area (Å²) in [6.45, 7) is 5.86. The van der Waals surface area contributed by atoms with Gasteiger partial charge in [0.2, 0.25) is 0 Å². The van der Waals surface area contributed by atoms with Crippen LogP contribution < -0.4 is 0 Å². The van der Waals surface area contributed by atoms with Crippen LogP contribution in [0.25, 0.3) is 5.57 Å². The first-order chi connectivity index (χ1) is 7.16. The van der Waals surface area contributed by atoms with Gasteiger partial charge in [-0.2, -0.15) is 0 Å². The lowest BCUT2D eigenvalue weighted by atomic mass is 9.90. The average molecular weight is 204 g/mol. The molecule has 2 heteroatoms. The van der Waals surface area contributed by atoms with E-state index in [-0.39, 0.29) is 0 Å². The maximum absolute atomic E-state index is 11.0. The Bertz CT molecular complexity index is 341. The van der Waals surface area contributed by atoms with E-state index in [1.807, 2.05) is 37.3 Å². The highest BCUT2D eigenvalue weighted by molar-refractivity contribution is 5.86. The molecule has 0 aliphatic heterocycles. The minimum atomic E-state index is -0.786. The van der Waals surface area contributed by atoms with Crippen LogP contribution in [0.4, 0.5) is 0 Å². The number of rotatable bonds is 5. The molecule has 0 saturated carbocycles. The van der Waals surface area contributed by atoms with Gasteiger partial charge < -0.3 is 5.11 Å². The second-order valence-electron chi connectivity index (χ2n) is 3.57. The minimum Gasteiger partial charge on any atom is -0.481 e. The predicted molar refractivity (Wildman–Crippen MR) is 61.5 cm³/mol. The normalized spacial score (nSPS) is 12.1. The van der Waals surface area contributed by atoms with Crippen LogP contribution >= 0.6 is 0 Å². The number of aliphatic carboxylic acids is 1. The van der Waals surface area contributed by atoms with Crippen molar-refractivity contribution in [3.8, 4) is 0 Å². The van der Waals surface area contributed by atoms with Crippen LogP contribution in [0.15, 0.2) is 36.9 Å². The molecule has 0 fully saturated rings. The summed E-state index contributed by atoms with van der Waals surface area (Å²) in [7, 11) is 0. The van der Waals surface area contributed by atoms with Crippen molar-refractivity contribution in [1.82, 2.24) is 0 Å². The van der Waals surface area contributed by atoms with Crippen LogP contribution in [0.3, 0.4) is 0 Å². The number of hydrogen-bond acceptors (Lipinski definition) is 1. The van der Waals surface area contributed by atoms with Crippen molar-refractivity contribution in [2.24, 2.45) is 5.92 Å². The van der Waals surface area contributed by atoms with Crippen molar-refractivity contribution in [1.29, 1.82) is 0 Å². The van der Waals surface area contributed by atoms with Crippen LogP contribution in [-0.4, -0.2) is 11.1 Å². The summed E-state index contributed by atoms with van der Waals surface area (Å²) in [4.78, 5) is 11.0. The van der Waals surface area contributed by atoms with Gasteiger partial charge in [0.25, 0.3) is 0 Å². The van der Waals surface area contributed by atoms with Crippen molar-refractivity contribution in [3.05, 3.63) is 42.5 Å². The van der Waals surface area contributed by atoms with Gasteiger partial charge in [-0.3, -0.25) is 4.79 Å². The third-order valence-electron chi connectivity index (χ3n) is 2.44. The van der Waals surface area contributed by atoms with Gasteiger partial charge in [0.1, 0.15) is 0 Å². The maximum atomic E-state index is 11.0. The van der Waals surface area contributed by atoms with E-state index in [1.165, 1.54) is 0 Å². The lowest BCUT2D eigenvalue weighted by Crippen LogP contribution is -2.14. The predicted octanol–water partition coefficient (Wildman–Crippen LogP) is 3.20. The summed E-state index contributed by atoms with van der Waals surface area (Å²) in [5.74, 6) is -1.25. The molecule has 0 bridgehead atoms.